The Bertz CT molecular complexity index is 375. The predicted molar refractivity (Wildman–Crippen MR) is 72.0 cm³/mol. The first-order valence-electron chi connectivity index (χ1n) is 5.40. The van der Waals surface area contributed by atoms with E-state index in [2.05, 4.69) is 40.0 Å². The molecule has 0 spiro atoms. The molecule has 16 heavy (non-hydrogen) atoms. The zero-order chi connectivity index (χ0) is 12.1. The highest BCUT2D eigenvalue weighted by atomic mass is 79.9. The van der Waals surface area contributed by atoms with Gasteiger partial charge in [-0.25, -0.2) is 0 Å². The number of carbonyl (C=O) groups excluding carboxylic acids is 1. The van der Waals surface area contributed by atoms with Crippen LogP contribution in [0.5, 0.6) is 0 Å². The van der Waals surface area contributed by atoms with Gasteiger partial charge in [0.05, 0.1) is 5.69 Å². The lowest BCUT2D eigenvalue weighted by molar-refractivity contribution is -0.114. The maximum Gasteiger partial charge on any atom is 0.221 e. The topological polar surface area (TPSA) is 32.3 Å². The van der Waals surface area contributed by atoms with Gasteiger partial charge in [0, 0.05) is 30.2 Å². The molecular weight excluding hydrogens is 268 g/mol. The summed E-state index contributed by atoms with van der Waals surface area (Å²) >= 11 is 3.42. The molecule has 0 aliphatic carbocycles. The summed E-state index contributed by atoms with van der Waals surface area (Å²) in [6.45, 7) is 7.65. The molecule has 0 atom stereocenters. The monoisotopic (exact) mass is 284 g/mol. The molecule has 0 aliphatic rings. The molecule has 1 N–H and O–H groups in total. The zero-order valence-corrected chi connectivity index (χ0v) is 11.5. The van der Waals surface area contributed by atoms with Crippen molar-refractivity contribution >= 4 is 33.2 Å². The molecule has 1 aromatic carbocycles. The van der Waals surface area contributed by atoms with Gasteiger partial charge in [-0.3, -0.25) is 4.79 Å². The Kier molecular flexibility index (Phi) is 4.80. The summed E-state index contributed by atoms with van der Waals surface area (Å²) in [4.78, 5) is 13.3. The molecule has 1 rings (SSSR count). The minimum atomic E-state index is -0.0580. The van der Waals surface area contributed by atoms with Crippen LogP contribution >= 0.6 is 15.9 Å². The van der Waals surface area contributed by atoms with Crippen molar-refractivity contribution in [1.29, 1.82) is 0 Å². The average Bonchev–Trinajstić information content (AvgIpc) is 2.23. The lowest BCUT2D eigenvalue weighted by Gasteiger charge is -2.22. The van der Waals surface area contributed by atoms with Gasteiger partial charge in [0.1, 0.15) is 0 Å². The predicted octanol–water partition coefficient (Wildman–Crippen LogP) is 3.25. The highest BCUT2D eigenvalue weighted by molar-refractivity contribution is 9.10. The molecule has 0 radical (unpaired) electrons. The molecule has 4 heteroatoms. The number of benzene rings is 1. The highest BCUT2D eigenvalue weighted by Crippen LogP contribution is 2.27. The fourth-order valence-electron chi connectivity index (χ4n) is 1.58. The van der Waals surface area contributed by atoms with Crippen LogP contribution in [0.3, 0.4) is 0 Å². The third-order valence-corrected chi connectivity index (χ3v) is 3.08. The zero-order valence-electron chi connectivity index (χ0n) is 9.88. The van der Waals surface area contributed by atoms with Crippen LogP contribution in [0.1, 0.15) is 20.8 Å². The molecule has 0 heterocycles. The number of hydrogen-bond donors (Lipinski definition) is 1. The SMILES string of the molecule is CCN(CC)c1ccc(Br)c(NC(C)=O)c1. The van der Waals surface area contributed by atoms with Crippen molar-refractivity contribution in [3.8, 4) is 0 Å². The fraction of sp³-hybridized carbons (Fsp3) is 0.417. The Labute approximate surface area is 105 Å². The Morgan fingerprint density at radius 2 is 2.00 bits per heavy atom. The summed E-state index contributed by atoms with van der Waals surface area (Å²) in [5.41, 5.74) is 1.94. The summed E-state index contributed by atoms with van der Waals surface area (Å²) in [5.74, 6) is -0.0580. The van der Waals surface area contributed by atoms with Crippen LogP contribution in [0, 0.1) is 0 Å². The summed E-state index contributed by atoms with van der Waals surface area (Å²) in [6.07, 6.45) is 0. The van der Waals surface area contributed by atoms with Gasteiger partial charge in [-0.05, 0) is 48.0 Å². The number of halogens is 1. The molecule has 0 unspecified atom stereocenters. The van der Waals surface area contributed by atoms with Crippen molar-refractivity contribution in [3.05, 3.63) is 22.7 Å². The molecule has 0 aliphatic heterocycles. The number of amides is 1. The Hall–Kier alpha value is -1.03. The van der Waals surface area contributed by atoms with Crippen LogP contribution in [0.4, 0.5) is 11.4 Å². The maximum absolute atomic E-state index is 11.0. The minimum Gasteiger partial charge on any atom is -0.372 e. The Morgan fingerprint density at radius 1 is 1.38 bits per heavy atom. The van der Waals surface area contributed by atoms with Crippen LogP contribution in [0.25, 0.3) is 0 Å². The fourth-order valence-corrected chi connectivity index (χ4v) is 1.93. The number of rotatable bonds is 4. The van der Waals surface area contributed by atoms with Gasteiger partial charge >= 0.3 is 0 Å². The van der Waals surface area contributed by atoms with E-state index < -0.39 is 0 Å². The first-order chi connectivity index (χ1) is 7.58. The van der Waals surface area contributed by atoms with E-state index in [0.29, 0.717) is 0 Å². The maximum atomic E-state index is 11.0. The van der Waals surface area contributed by atoms with Gasteiger partial charge in [0.15, 0.2) is 0 Å². The lowest BCUT2D eigenvalue weighted by Crippen LogP contribution is -2.22. The van der Waals surface area contributed by atoms with E-state index in [-0.39, 0.29) is 5.91 Å². The molecule has 1 amide bonds. The summed E-state index contributed by atoms with van der Waals surface area (Å²) in [7, 11) is 0. The van der Waals surface area contributed by atoms with E-state index in [1.807, 2.05) is 18.2 Å². The number of nitrogens with one attached hydrogen (secondary N) is 1. The molecular formula is C12H17BrN2O. The number of hydrogen-bond acceptors (Lipinski definition) is 2. The first kappa shape index (κ1) is 13.0. The van der Waals surface area contributed by atoms with E-state index >= 15 is 0 Å². The molecule has 0 saturated heterocycles. The van der Waals surface area contributed by atoms with Gasteiger partial charge < -0.3 is 10.2 Å². The van der Waals surface area contributed by atoms with Gasteiger partial charge in [0.2, 0.25) is 5.91 Å². The molecule has 0 saturated carbocycles. The standard InChI is InChI=1S/C12H17BrN2O/c1-4-15(5-2)10-6-7-11(13)12(8-10)14-9(3)16/h6-8H,4-5H2,1-3H3,(H,14,16). The van der Waals surface area contributed by atoms with Crippen molar-refractivity contribution in [2.45, 2.75) is 20.8 Å². The van der Waals surface area contributed by atoms with Gasteiger partial charge in [-0.15, -0.1) is 0 Å². The van der Waals surface area contributed by atoms with Crippen LogP contribution in [0.15, 0.2) is 22.7 Å². The Morgan fingerprint density at radius 3 is 2.50 bits per heavy atom. The summed E-state index contributed by atoms with van der Waals surface area (Å²) < 4.78 is 0.901. The van der Waals surface area contributed by atoms with Crippen molar-refractivity contribution in [2.24, 2.45) is 0 Å². The van der Waals surface area contributed by atoms with Crippen LogP contribution in [-0.4, -0.2) is 19.0 Å². The Balaban J connectivity index is 3.01. The number of nitrogens with zero attached hydrogens (tertiary/aromatic N) is 1. The molecule has 1 aromatic rings. The van der Waals surface area contributed by atoms with Crippen LogP contribution < -0.4 is 10.2 Å². The normalized spacial score (nSPS) is 10.0. The largest absolute Gasteiger partial charge is 0.372 e. The van der Waals surface area contributed by atoms with E-state index in [1.165, 1.54) is 6.92 Å². The van der Waals surface area contributed by atoms with Crippen molar-refractivity contribution in [2.75, 3.05) is 23.3 Å². The molecule has 0 bridgehead atoms. The molecule has 88 valence electrons. The number of carbonyl (C=O) groups is 1. The second-order valence-corrected chi connectivity index (χ2v) is 4.37. The van der Waals surface area contributed by atoms with Gasteiger partial charge in [-0.2, -0.15) is 0 Å². The second kappa shape index (κ2) is 5.89. The van der Waals surface area contributed by atoms with E-state index in [4.69, 9.17) is 0 Å². The van der Waals surface area contributed by atoms with Gasteiger partial charge in [0.25, 0.3) is 0 Å². The third kappa shape index (κ3) is 3.23. The van der Waals surface area contributed by atoms with Crippen LogP contribution in [0.2, 0.25) is 0 Å². The van der Waals surface area contributed by atoms with Crippen LogP contribution in [-0.2, 0) is 4.79 Å². The van der Waals surface area contributed by atoms with Crippen molar-refractivity contribution < 1.29 is 4.79 Å². The van der Waals surface area contributed by atoms with E-state index in [9.17, 15) is 4.79 Å². The minimum absolute atomic E-state index is 0.0580. The molecule has 3 nitrogen and oxygen atoms in total. The first-order valence-corrected chi connectivity index (χ1v) is 6.19. The quantitative estimate of drug-likeness (QED) is 0.921. The van der Waals surface area contributed by atoms with E-state index in [0.717, 1.165) is 28.9 Å². The second-order valence-electron chi connectivity index (χ2n) is 3.52. The highest BCUT2D eigenvalue weighted by Gasteiger charge is 2.06. The van der Waals surface area contributed by atoms with Crippen molar-refractivity contribution in [3.63, 3.8) is 0 Å². The average molecular weight is 285 g/mol. The van der Waals surface area contributed by atoms with E-state index in [1.54, 1.807) is 0 Å². The lowest BCUT2D eigenvalue weighted by atomic mass is 10.2. The molecule has 0 aromatic heterocycles. The third-order valence-electron chi connectivity index (χ3n) is 2.39. The smallest absolute Gasteiger partial charge is 0.221 e. The summed E-state index contributed by atoms with van der Waals surface area (Å²) in [6, 6.07) is 5.99. The number of anilines is 2. The molecule has 0 fully saturated rings. The van der Waals surface area contributed by atoms with Gasteiger partial charge in [-0.1, -0.05) is 0 Å². The summed E-state index contributed by atoms with van der Waals surface area (Å²) in [5, 5.41) is 2.80. The van der Waals surface area contributed by atoms with Crippen molar-refractivity contribution in [1.82, 2.24) is 0 Å².